The van der Waals surface area contributed by atoms with Gasteiger partial charge in [-0.05, 0) is 31.2 Å². The minimum absolute atomic E-state index is 0.0800. The second-order valence-corrected chi connectivity index (χ2v) is 8.50. The van der Waals surface area contributed by atoms with Gasteiger partial charge in [0, 0.05) is 19.3 Å². The Morgan fingerprint density at radius 3 is 2.85 bits per heavy atom. The van der Waals surface area contributed by atoms with E-state index in [-0.39, 0.29) is 23.7 Å². The molecule has 2 atom stereocenters. The largest absolute Gasteiger partial charge is 0.377 e. The lowest BCUT2D eigenvalue weighted by Gasteiger charge is -2.22. The first-order valence-electron chi connectivity index (χ1n) is 8.64. The molecule has 4 rings (SSSR count). The first kappa shape index (κ1) is 17.4. The molecule has 26 heavy (non-hydrogen) atoms. The molecule has 2 aromatic rings. The van der Waals surface area contributed by atoms with Gasteiger partial charge in [-0.25, -0.2) is 17.8 Å². The molecule has 2 aliphatic rings. The maximum Gasteiger partial charge on any atom is 0.267 e. The number of rotatable bonds is 4. The van der Waals surface area contributed by atoms with E-state index in [1.165, 1.54) is 21.8 Å². The number of hydrogen-bond acceptors (Lipinski definition) is 6. The maximum absolute atomic E-state index is 12.6. The van der Waals surface area contributed by atoms with Crippen LogP contribution >= 0.6 is 0 Å². The molecule has 0 aromatic carbocycles. The number of aromatic nitrogens is 4. The minimum atomic E-state index is -3.75. The van der Waals surface area contributed by atoms with Gasteiger partial charge in [0.1, 0.15) is 4.90 Å². The van der Waals surface area contributed by atoms with Crippen molar-refractivity contribution in [3.63, 3.8) is 0 Å². The fraction of sp³-hybridized carbons (Fsp3) is 0.562. The standard InChI is InChI=1S/C16H21N5O4S/c1-20-8-12(7-17-20)26(23,24)19-14-9-25-10-15(14)21-16(22)6-11-4-2-3-5-13(11)18-21/h6-8,14-15,19H,2-5,9-10H2,1H3. The van der Waals surface area contributed by atoms with E-state index in [1.807, 2.05) is 0 Å². The molecule has 1 aliphatic heterocycles. The zero-order valence-corrected chi connectivity index (χ0v) is 15.3. The number of nitrogens with zero attached hydrogens (tertiary/aromatic N) is 4. The molecule has 0 radical (unpaired) electrons. The van der Waals surface area contributed by atoms with Crippen molar-refractivity contribution in [3.8, 4) is 0 Å². The van der Waals surface area contributed by atoms with Gasteiger partial charge in [0.15, 0.2) is 0 Å². The molecule has 1 fully saturated rings. The summed E-state index contributed by atoms with van der Waals surface area (Å²) in [6.07, 6.45) is 6.55. The third-order valence-electron chi connectivity index (χ3n) is 4.89. The summed E-state index contributed by atoms with van der Waals surface area (Å²) in [6.45, 7) is 0.432. The molecule has 2 aromatic heterocycles. The van der Waals surface area contributed by atoms with E-state index in [2.05, 4.69) is 14.9 Å². The van der Waals surface area contributed by atoms with Gasteiger partial charge >= 0.3 is 0 Å². The highest BCUT2D eigenvalue weighted by Gasteiger charge is 2.35. The Hall–Kier alpha value is -2.04. The molecule has 3 heterocycles. The molecule has 2 unspecified atom stereocenters. The van der Waals surface area contributed by atoms with Gasteiger partial charge in [0.2, 0.25) is 10.0 Å². The second kappa shape index (κ2) is 6.60. The average Bonchev–Trinajstić information content (AvgIpc) is 3.23. The number of hydrogen-bond donors (Lipinski definition) is 1. The Balaban J connectivity index is 1.62. The molecular weight excluding hydrogens is 358 g/mol. The van der Waals surface area contributed by atoms with Gasteiger partial charge in [0.25, 0.3) is 5.56 Å². The van der Waals surface area contributed by atoms with E-state index in [0.717, 1.165) is 36.9 Å². The number of ether oxygens (including phenoxy) is 1. The average molecular weight is 379 g/mol. The van der Waals surface area contributed by atoms with Crippen LogP contribution in [0.3, 0.4) is 0 Å². The van der Waals surface area contributed by atoms with E-state index >= 15 is 0 Å². The summed E-state index contributed by atoms with van der Waals surface area (Å²) in [5, 5.41) is 8.42. The first-order valence-corrected chi connectivity index (χ1v) is 10.1. The smallest absolute Gasteiger partial charge is 0.267 e. The molecule has 0 saturated carbocycles. The lowest BCUT2D eigenvalue weighted by Crippen LogP contribution is -2.44. The molecule has 1 aliphatic carbocycles. The molecule has 10 heteroatoms. The second-order valence-electron chi connectivity index (χ2n) is 6.79. The molecule has 1 saturated heterocycles. The van der Waals surface area contributed by atoms with Gasteiger partial charge < -0.3 is 4.74 Å². The molecule has 1 N–H and O–H groups in total. The van der Waals surface area contributed by atoms with Crippen molar-refractivity contribution in [2.45, 2.75) is 42.7 Å². The van der Waals surface area contributed by atoms with Crippen LogP contribution < -0.4 is 10.3 Å². The topological polar surface area (TPSA) is 108 Å². The van der Waals surface area contributed by atoms with Crippen molar-refractivity contribution >= 4 is 10.0 Å². The van der Waals surface area contributed by atoms with Crippen LogP contribution in [0.1, 0.15) is 30.1 Å². The third-order valence-corrected chi connectivity index (χ3v) is 6.34. The Bertz CT molecular complexity index is 981. The van der Waals surface area contributed by atoms with Crippen LogP contribution in [0, 0.1) is 0 Å². The van der Waals surface area contributed by atoms with Crippen molar-refractivity contribution in [3.05, 3.63) is 40.1 Å². The minimum Gasteiger partial charge on any atom is -0.377 e. The Kier molecular flexibility index (Phi) is 4.41. The van der Waals surface area contributed by atoms with E-state index in [0.29, 0.717) is 0 Å². The quantitative estimate of drug-likeness (QED) is 0.786. The highest BCUT2D eigenvalue weighted by atomic mass is 32.2. The summed E-state index contributed by atoms with van der Waals surface area (Å²) in [5.74, 6) is 0. The van der Waals surface area contributed by atoms with E-state index in [1.54, 1.807) is 13.1 Å². The fourth-order valence-corrected chi connectivity index (χ4v) is 4.75. The van der Waals surface area contributed by atoms with Crippen LogP contribution in [-0.4, -0.2) is 47.2 Å². The predicted molar refractivity (Wildman–Crippen MR) is 92.3 cm³/mol. The van der Waals surface area contributed by atoms with Crippen LogP contribution in [0.15, 0.2) is 28.2 Å². The monoisotopic (exact) mass is 379 g/mol. The van der Waals surface area contributed by atoms with Crippen molar-refractivity contribution in [2.75, 3.05) is 13.2 Å². The Labute approximate surface area is 151 Å². The number of fused-ring (bicyclic) bond motifs is 1. The highest BCUT2D eigenvalue weighted by Crippen LogP contribution is 2.22. The van der Waals surface area contributed by atoms with Crippen LogP contribution in [0.4, 0.5) is 0 Å². The summed E-state index contributed by atoms with van der Waals surface area (Å²) in [5.41, 5.74) is 1.72. The summed E-state index contributed by atoms with van der Waals surface area (Å²) in [6, 6.07) is 0.597. The Morgan fingerprint density at radius 1 is 1.27 bits per heavy atom. The first-order chi connectivity index (χ1) is 12.4. The Morgan fingerprint density at radius 2 is 2.08 bits per heavy atom. The van der Waals surface area contributed by atoms with Crippen molar-refractivity contribution in [1.29, 1.82) is 0 Å². The van der Waals surface area contributed by atoms with E-state index in [4.69, 9.17) is 4.74 Å². The fourth-order valence-electron chi connectivity index (χ4n) is 3.52. The molecule has 140 valence electrons. The lowest BCUT2D eigenvalue weighted by molar-refractivity contribution is 0.181. The summed E-state index contributed by atoms with van der Waals surface area (Å²) in [4.78, 5) is 12.6. The number of sulfonamides is 1. The van der Waals surface area contributed by atoms with E-state index in [9.17, 15) is 13.2 Å². The third kappa shape index (κ3) is 3.19. The van der Waals surface area contributed by atoms with Crippen molar-refractivity contribution < 1.29 is 13.2 Å². The van der Waals surface area contributed by atoms with Crippen LogP contribution in [0.2, 0.25) is 0 Å². The van der Waals surface area contributed by atoms with Gasteiger partial charge in [-0.15, -0.1) is 0 Å². The van der Waals surface area contributed by atoms with Crippen molar-refractivity contribution in [1.82, 2.24) is 24.3 Å². The van der Waals surface area contributed by atoms with Gasteiger partial charge in [-0.3, -0.25) is 9.48 Å². The van der Waals surface area contributed by atoms with Crippen LogP contribution in [-0.2, 0) is 34.6 Å². The zero-order valence-electron chi connectivity index (χ0n) is 14.5. The predicted octanol–water partition coefficient (Wildman–Crippen LogP) is -0.226. The van der Waals surface area contributed by atoms with E-state index < -0.39 is 22.1 Å². The van der Waals surface area contributed by atoms with Gasteiger partial charge in [-0.2, -0.15) is 10.2 Å². The van der Waals surface area contributed by atoms with Gasteiger partial charge in [0.05, 0.1) is 37.2 Å². The number of nitrogens with one attached hydrogen (secondary N) is 1. The molecule has 9 nitrogen and oxygen atoms in total. The summed E-state index contributed by atoms with van der Waals surface area (Å²) in [7, 11) is -2.10. The summed E-state index contributed by atoms with van der Waals surface area (Å²) >= 11 is 0. The van der Waals surface area contributed by atoms with Crippen LogP contribution in [0.5, 0.6) is 0 Å². The lowest BCUT2D eigenvalue weighted by atomic mass is 9.97. The zero-order chi connectivity index (χ0) is 18.3. The van der Waals surface area contributed by atoms with Gasteiger partial charge in [-0.1, -0.05) is 0 Å². The molecule has 0 spiro atoms. The van der Waals surface area contributed by atoms with Crippen molar-refractivity contribution in [2.24, 2.45) is 7.05 Å². The molecule has 0 bridgehead atoms. The SMILES string of the molecule is Cn1cc(S(=O)(=O)NC2COCC2n2nc3c(cc2=O)CCCC3)cn1. The maximum atomic E-state index is 12.6. The molecule has 0 amide bonds. The summed E-state index contributed by atoms with van der Waals surface area (Å²) < 4.78 is 36.0. The number of aryl methyl sites for hydroxylation is 3. The molecular formula is C16H21N5O4S. The normalized spacial score (nSPS) is 23.1. The highest BCUT2D eigenvalue weighted by molar-refractivity contribution is 7.89. The van der Waals surface area contributed by atoms with Crippen LogP contribution in [0.25, 0.3) is 0 Å².